The monoisotopic (exact) mass is 271 g/mol. The van der Waals surface area contributed by atoms with Crippen LogP contribution in [0.3, 0.4) is 0 Å². The van der Waals surface area contributed by atoms with Crippen molar-refractivity contribution in [3.8, 4) is 5.75 Å². The van der Waals surface area contributed by atoms with Gasteiger partial charge in [0.15, 0.2) is 5.69 Å². The van der Waals surface area contributed by atoms with E-state index in [1.54, 1.807) is 0 Å². The number of ether oxygens (including phenoxy) is 2. The molecule has 1 heterocycles. The van der Waals surface area contributed by atoms with Crippen molar-refractivity contribution in [1.82, 2.24) is 0 Å². The van der Waals surface area contributed by atoms with Crippen LogP contribution in [0.25, 0.3) is 4.85 Å². The maximum Gasteiger partial charge on any atom is 0.418 e. The average molecular weight is 271 g/mol. The van der Waals surface area contributed by atoms with Crippen molar-refractivity contribution >= 4 is 5.69 Å². The molecule has 2 rings (SSSR count). The van der Waals surface area contributed by atoms with E-state index in [2.05, 4.69) is 4.85 Å². The molecule has 1 aromatic carbocycles. The molecule has 3 nitrogen and oxygen atoms in total. The standard InChI is InChI=1S/C13H12F3NO2/c1-17-9-2-3-12(11(8-9)13(14,15)16)19-10-4-6-18-7-5-10/h2-3,8,10H,4-7H2. The molecule has 0 saturated carbocycles. The lowest BCUT2D eigenvalue weighted by Crippen LogP contribution is -2.26. The molecule has 1 fully saturated rings. The Labute approximate surface area is 108 Å². The van der Waals surface area contributed by atoms with E-state index in [-0.39, 0.29) is 17.5 Å². The summed E-state index contributed by atoms with van der Waals surface area (Å²) in [5.74, 6) is -0.216. The molecule has 1 aromatic rings. The Morgan fingerprint density at radius 3 is 2.53 bits per heavy atom. The number of halogens is 3. The van der Waals surface area contributed by atoms with E-state index in [1.807, 2.05) is 0 Å². The van der Waals surface area contributed by atoms with E-state index in [1.165, 1.54) is 12.1 Å². The molecule has 1 aliphatic rings. The molecule has 19 heavy (non-hydrogen) atoms. The van der Waals surface area contributed by atoms with Crippen molar-refractivity contribution in [2.75, 3.05) is 13.2 Å². The molecular formula is C13H12F3NO2. The normalized spacial score (nSPS) is 16.9. The summed E-state index contributed by atoms with van der Waals surface area (Å²) in [5.41, 5.74) is -0.945. The molecule has 0 aliphatic carbocycles. The Bertz CT molecular complexity index is 488. The predicted octanol–water partition coefficient (Wildman–Crippen LogP) is 3.81. The maximum absolute atomic E-state index is 12.9. The van der Waals surface area contributed by atoms with E-state index in [4.69, 9.17) is 16.0 Å². The quantitative estimate of drug-likeness (QED) is 0.763. The minimum Gasteiger partial charge on any atom is -0.490 e. The molecule has 102 valence electrons. The van der Waals surface area contributed by atoms with E-state index < -0.39 is 11.7 Å². The van der Waals surface area contributed by atoms with Gasteiger partial charge in [-0.3, -0.25) is 0 Å². The number of rotatable bonds is 2. The highest BCUT2D eigenvalue weighted by Crippen LogP contribution is 2.39. The minimum atomic E-state index is -4.53. The van der Waals surface area contributed by atoms with Crippen LogP contribution in [0.5, 0.6) is 5.75 Å². The summed E-state index contributed by atoms with van der Waals surface area (Å²) >= 11 is 0. The van der Waals surface area contributed by atoms with E-state index in [9.17, 15) is 13.2 Å². The number of hydrogen-bond donors (Lipinski definition) is 0. The average Bonchev–Trinajstić information content (AvgIpc) is 2.39. The highest BCUT2D eigenvalue weighted by atomic mass is 19.4. The van der Waals surface area contributed by atoms with Gasteiger partial charge in [-0.2, -0.15) is 13.2 Å². The Balaban J connectivity index is 2.26. The SMILES string of the molecule is [C-]#[N+]c1ccc(OC2CCOCC2)c(C(F)(F)F)c1. The zero-order valence-electron chi connectivity index (χ0n) is 10.0. The van der Waals surface area contributed by atoms with Crippen LogP contribution in [0.2, 0.25) is 0 Å². The first kappa shape index (κ1) is 13.7. The summed E-state index contributed by atoms with van der Waals surface area (Å²) in [6, 6.07) is 3.37. The minimum absolute atomic E-state index is 0.0494. The lowest BCUT2D eigenvalue weighted by molar-refractivity contribution is -0.139. The molecule has 0 atom stereocenters. The Kier molecular flexibility index (Phi) is 3.96. The first-order chi connectivity index (χ1) is 9.00. The van der Waals surface area contributed by atoms with Gasteiger partial charge in [0, 0.05) is 12.8 Å². The molecule has 6 heteroatoms. The molecule has 0 unspecified atom stereocenters. The molecule has 1 saturated heterocycles. The fraction of sp³-hybridized carbons (Fsp3) is 0.462. The van der Waals surface area contributed by atoms with E-state index in [0.717, 1.165) is 6.07 Å². The number of alkyl halides is 3. The van der Waals surface area contributed by atoms with Gasteiger partial charge < -0.3 is 9.47 Å². The molecule has 0 aromatic heterocycles. The van der Waals surface area contributed by atoms with Crippen LogP contribution in [-0.4, -0.2) is 19.3 Å². The number of benzene rings is 1. The summed E-state index contributed by atoms with van der Waals surface area (Å²) in [4.78, 5) is 3.01. The van der Waals surface area contributed by atoms with Gasteiger partial charge in [-0.05, 0) is 12.1 Å². The van der Waals surface area contributed by atoms with E-state index >= 15 is 0 Å². The fourth-order valence-electron chi connectivity index (χ4n) is 1.89. The van der Waals surface area contributed by atoms with Gasteiger partial charge in [-0.15, -0.1) is 0 Å². The Hall–Kier alpha value is -1.74. The second kappa shape index (κ2) is 5.49. The van der Waals surface area contributed by atoms with Crippen LogP contribution < -0.4 is 4.74 Å². The summed E-state index contributed by atoms with van der Waals surface area (Å²) in [7, 11) is 0. The van der Waals surface area contributed by atoms with Crippen LogP contribution in [0.1, 0.15) is 18.4 Å². The van der Waals surface area contributed by atoms with Gasteiger partial charge in [0.2, 0.25) is 0 Å². The molecule has 0 bridgehead atoms. The van der Waals surface area contributed by atoms with Crippen molar-refractivity contribution < 1.29 is 22.6 Å². The molecular weight excluding hydrogens is 259 g/mol. The van der Waals surface area contributed by atoms with Crippen molar-refractivity contribution in [3.63, 3.8) is 0 Å². The highest BCUT2D eigenvalue weighted by molar-refractivity contribution is 5.53. The molecule has 0 N–H and O–H groups in total. The maximum atomic E-state index is 12.9. The lowest BCUT2D eigenvalue weighted by atomic mass is 10.1. The number of nitrogens with zero attached hydrogens (tertiary/aromatic N) is 1. The third-order valence-corrected chi connectivity index (χ3v) is 2.86. The molecule has 0 spiro atoms. The van der Waals surface area contributed by atoms with Crippen molar-refractivity contribution in [1.29, 1.82) is 0 Å². The second-order valence-electron chi connectivity index (χ2n) is 4.22. The Morgan fingerprint density at radius 2 is 1.95 bits per heavy atom. The van der Waals surface area contributed by atoms with Crippen LogP contribution in [0, 0.1) is 6.57 Å². The summed E-state index contributed by atoms with van der Waals surface area (Å²) in [5, 5.41) is 0. The molecule has 0 amide bonds. The van der Waals surface area contributed by atoms with Gasteiger partial charge in [0.05, 0.1) is 25.3 Å². The third kappa shape index (κ3) is 3.38. The van der Waals surface area contributed by atoms with Crippen molar-refractivity contribution in [3.05, 3.63) is 35.2 Å². The van der Waals surface area contributed by atoms with Crippen molar-refractivity contribution in [2.45, 2.75) is 25.1 Å². The third-order valence-electron chi connectivity index (χ3n) is 2.86. The second-order valence-corrected chi connectivity index (χ2v) is 4.22. The fourth-order valence-corrected chi connectivity index (χ4v) is 1.89. The van der Waals surface area contributed by atoms with Gasteiger partial charge in [0.1, 0.15) is 11.9 Å². The Morgan fingerprint density at radius 1 is 1.26 bits per heavy atom. The van der Waals surface area contributed by atoms with Gasteiger partial charge >= 0.3 is 6.18 Å². The summed E-state index contributed by atoms with van der Waals surface area (Å²) in [6.07, 6.45) is -3.65. The topological polar surface area (TPSA) is 22.8 Å². The van der Waals surface area contributed by atoms with Gasteiger partial charge in [-0.25, -0.2) is 4.85 Å². The van der Waals surface area contributed by atoms with E-state index in [0.29, 0.717) is 26.1 Å². The van der Waals surface area contributed by atoms with Crippen LogP contribution >= 0.6 is 0 Å². The number of hydrogen-bond acceptors (Lipinski definition) is 2. The zero-order valence-corrected chi connectivity index (χ0v) is 10.0. The highest BCUT2D eigenvalue weighted by Gasteiger charge is 2.35. The van der Waals surface area contributed by atoms with Crippen molar-refractivity contribution in [2.24, 2.45) is 0 Å². The van der Waals surface area contributed by atoms with Crippen LogP contribution in [0.4, 0.5) is 18.9 Å². The first-order valence-corrected chi connectivity index (χ1v) is 5.84. The van der Waals surface area contributed by atoms with Gasteiger partial charge in [0.25, 0.3) is 0 Å². The molecule has 1 aliphatic heterocycles. The largest absolute Gasteiger partial charge is 0.490 e. The first-order valence-electron chi connectivity index (χ1n) is 5.84. The summed E-state index contributed by atoms with van der Waals surface area (Å²) in [6.45, 7) is 7.75. The molecule has 0 radical (unpaired) electrons. The summed E-state index contributed by atoms with van der Waals surface area (Å²) < 4.78 is 49.3. The van der Waals surface area contributed by atoms with Gasteiger partial charge in [-0.1, -0.05) is 6.07 Å². The van der Waals surface area contributed by atoms with Crippen LogP contribution in [0.15, 0.2) is 18.2 Å². The van der Waals surface area contributed by atoms with Crippen LogP contribution in [-0.2, 0) is 10.9 Å². The lowest BCUT2D eigenvalue weighted by Gasteiger charge is -2.25. The zero-order chi connectivity index (χ0) is 13.9. The predicted molar refractivity (Wildman–Crippen MR) is 62.2 cm³/mol. The smallest absolute Gasteiger partial charge is 0.418 e.